The first-order valence-electron chi connectivity index (χ1n) is 13.0. The quantitative estimate of drug-likeness (QED) is 0.352. The molecule has 2 aromatic heterocycles. The van der Waals surface area contributed by atoms with E-state index in [-0.39, 0.29) is 12.1 Å². The molecule has 0 aliphatic carbocycles. The summed E-state index contributed by atoms with van der Waals surface area (Å²) in [4.78, 5) is 29.0. The molecular weight excluding hydrogens is 478 g/mol. The predicted octanol–water partition coefficient (Wildman–Crippen LogP) is 5.76. The number of benzene rings is 2. The summed E-state index contributed by atoms with van der Waals surface area (Å²) in [7, 11) is 0. The Morgan fingerprint density at radius 1 is 1.05 bits per heavy atom. The number of fused-ring (bicyclic) bond motifs is 1. The summed E-state index contributed by atoms with van der Waals surface area (Å²) < 4.78 is 11.8. The highest BCUT2D eigenvalue weighted by Gasteiger charge is 2.32. The van der Waals surface area contributed by atoms with Gasteiger partial charge in [0.25, 0.3) is 0 Å². The van der Waals surface area contributed by atoms with Crippen LogP contribution in [0.5, 0.6) is 5.88 Å². The van der Waals surface area contributed by atoms with Crippen LogP contribution in [-0.4, -0.2) is 45.8 Å². The van der Waals surface area contributed by atoms with Crippen molar-refractivity contribution >= 4 is 22.7 Å². The number of aromatic nitrogens is 3. The van der Waals surface area contributed by atoms with Gasteiger partial charge in [-0.1, -0.05) is 30.3 Å². The van der Waals surface area contributed by atoms with E-state index in [0.29, 0.717) is 24.9 Å². The molecule has 1 fully saturated rings. The number of carbonyl (C=O) groups excluding carboxylic acids is 1. The smallest absolute Gasteiger partial charge is 0.415 e. The molecule has 1 saturated heterocycles. The molecule has 196 valence electrons. The molecule has 4 aromatic rings. The summed E-state index contributed by atoms with van der Waals surface area (Å²) in [6.07, 6.45) is 4.94. The molecule has 0 radical (unpaired) electrons. The highest BCUT2D eigenvalue weighted by molar-refractivity contribution is 6.01. The van der Waals surface area contributed by atoms with Crippen molar-refractivity contribution in [2.45, 2.75) is 51.9 Å². The van der Waals surface area contributed by atoms with Crippen molar-refractivity contribution in [3.63, 3.8) is 0 Å². The van der Waals surface area contributed by atoms with Gasteiger partial charge in [-0.25, -0.2) is 9.78 Å². The summed E-state index contributed by atoms with van der Waals surface area (Å²) in [5.41, 5.74) is 2.80. The second-order valence-electron chi connectivity index (χ2n) is 10.4. The van der Waals surface area contributed by atoms with Crippen LogP contribution in [0, 0.1) is 0 Å². The summed E-state index contributed by atoms with van der Waals surface area (Å²) in [5, 5.41) is 4.25. The average Bonchev–Trinajstić information content (AvgIpc) is 2.92. The molecule has 5 rings (SSSR count). The zero-order chi connectivity index (χ0) is 26.5. The van der Waals surface area contributed by atoms with Gasteiger partial charge in [-0.3, -0.25) is 9.88 Å². The lowest BCUT2D eigenvalue weighted by Crippen LogP contribution is -2.50. The molecule has 2 aromatic carbocycles. The van der Waals surface area contributed by atoms with Crippen molar-refractivity contribution in [1.82, 2.24) is 20.3 Å². The van der Waals surface area contributed by atoms with E-state index in [1.807, 2.05) is 75.4 Å². The number of carbonyl (C=O) groups is 1. The van der Waals surface area contributed by atoms with Gasteiger partial charge in [0.05, 0.1) is 17.2 Å². The number of ether oxygens (including phenoxy) is 2. The van der Waals surface area contributed by atoms with Gasteiger partial charge in [0.1, 0.15) is 12.2 Å². The van der Waals surface area contributed by atoms with E-state index in [1.165, 1.54) is 0 Å². The first-order valence-corrected chi connectivity index (χ1v) is 13.0. The van der Waals surface area contributed by atoms with Gasteiger partial charge < -0.3 is 14.8 Å². The van der Waals surface area contributed by atoms with Crippen LogP contribution in [0.4, 0.5) is 10.5 Å². The van der Waals surface area contributed by atoms with Crippen LogP contribution in [0.3, 0.4) is 0 Å². The van der Waals surface area contributed by atoms with Crippen molar-refractivity contribution in [3.8, 4) is 17.3 Å². The number of hydrogen-bond acceptors (Lipinski definition) is 7. The van der Waals surface area contributed by atoms with Gasteiger partial charge in [0.15, 0.2) is 5.82 Å². The van der Waals surface area contributed by atoms with E-state index < -0.39 is 5.60 Å². The maximum Gasteiger partial charge on any atom is 0.415 e. The Morgan fingerprint density at radius 2 is 1.87 bits per heavy atom. The molecule has 8 heteroatoms. The molecule has 1 amide bonds. The maximum atomic E-state index is 13.5. The van der Waals surface area contributed by atoms with Crippen molar-refractivity contribution in [1.29, 1.82) is 0 Å². The lowest BCUT2D eigenvalue weighted by atomic mass is 10.0. The highest BCUT2D eigenvalue weighted by Crippen LogP contribution is 2.33. The largest absolute Gasteiger partial charge is 0.473 e. The van der Waals surface area contributed by atoms with Crippen molar-refractivity contribution in [2.75, 3.05) is 18.0 Å². The molecule has 3 heterocycles. The fourth-order valence-electron chi connectivity index (χ4n) is 4.58. The van der Waals surface area contributed by atoms with Crippen LogP contribution < -0.4 is 15.0 Å². The molecule has 0 bridgehead atoms. The minimum atomic E-state index is -0.612. The monoisotopic (exact) mass is 511 g/mol. The summed E-state index contributed by atoms with van der Waals surface area (Å²) in [5.74, 6) is 1.03. The van der Waals surface area contributed by atoms with E-state index in [4.69, 9.17) is 9.47 Å². The van der Waals surface area contributed by atoms with E-state index in [0.717, 1.165) is 47.1 Å². The van der Waals surface area contributed by atoms with Gasteiger partial charge >= 0.3 is 6.09 Å². The summed E-state index contributed by atoms with van der Waals surface area (Å²) >= 11 is 0. The van der Waals surface area contributed by atoms with Gasteiger partial charge in [-0.2, -0.15) is 4.98 Å². The van der Waals surface area contributed by atoms with Crippen molar-refractivity contribution in [3.05, 3.63) is 78.6 Å². The molecular formula is C30H33N5O3. The number of hydrogen-bond donors (Lipinski definition) is 1. The Labute approximate surface area is 223 Å². The molecule has 0 saturated carbocycles. The molecule has 8 nitrogen and oxygen atoms in total. The Kier molecular flexibility index (Phi) is 7.51. The second kappa shape index (κ2) is 11.1. The summed E-state index contributed by atoms with van der Waals surface area (Å²) in [6, 6.07) is 19.4. The van der Waals surface area contributed by atoms with E-state index in [2.05, 4.69) is 20.3 Å². The average molecular weight is 512 g/mol. The number of anilines is 1. The molecule has 38 heavy (non-hydrogen) atoms. The third-order valence-electron chi connectivity index (χ3n) is 6.32. The van der Waals surface area contributed by atoms with Gasteiger partial charge in [-0.15, -0.1) is 0 Å². The second-order valence-corrected chi connectivity index (χ2v) is 10.4. The molecule has 1 aliphatic heterocycles. The van der Waals surface area contributed by atoms with E-state index >= 15 is 0 Å². The number of pyridine rings is 1. The Balaban J connectivity index is 1.49. The number of piperidine rings is 1. The number of nitrogens with one attached hydrogen (secondary N) is 1. The lowest BCUT2D eigenvalue weighted by molar-refractivity contribution is 0.0561. The van der Waals surface area contributed by atoms with Gasteiger partial charge in [0.2, 0.25) is 5.88 Å². The van der Waals surface area contributed by atoms with Crippen LogP contribution in [-0.2, 0) is 11.3 Å². The topological polar surface area (TPSA) is 89.5 Å². The zero-order valence-electron chi connectivity index (χ0n) is 22.1. The Hall–Kier alpha value is -4.04. The fourth-order valence-corrected chi connectivity index (χ4v) is 4.58. The molecule has 0 spiro atoms. The number of nitrogens with zero attached hydrogens (tertiary/aromatic N) is 4. The third-order valence-corrected chi connectivity index (χ3v) is 6.32. The maximum absolute atomic E-state index is 13.5. The van der Waals surface area contributed by atoms with Gasteiger partial charge in [-0.05, 0) is 70.0 Å². The number of rotatable bonds is 6. The minimum absolute atomic E-state index is 0.0289. The minimum Gasteiger partial charge on any atom is -0.473 e. The third kappa shape index (κ3) is 6.08. The first-order chi connectivity index (χ1) is 18.4. The Morgan fingerprint density at radius 3 is 2.63 bits per heavy atom. The van der Waals surface area contributed by atoms with Crippen molar-refractivity contribution < 1.29 is 14.3 Å². The first kappa shape index (κ1) is 25.6. The Bertz CT molecular complexity index is 1400. The van der Waals surface area contributed by atoms with E-state index in [1.54, 1.807) is 23.4 Å². The fraction of sp³-hybridized carbons (Fsp3) is 0.333. The van der Waals surface area contributed by atoms with Crippen LogP contribution in [0.1, 0.15) is 39.2 Å². The predicted molar refractivity (Wildman–Crippen MR) is 148 cm³/mol. The molecule has 1 atom stereocenters. The van der Waals surface area contributed by atoms with Crippen molar-refractivity contribution in [2.24, 2.45) is 0 Å². The molecule has 1 aliphatic rings. The van der Waals surface area contributed by atoms with Gasteiger partial charge in [0, 0.05) is 36.0 Å². The zero-order valence-corrected chi connectivity index (χ0v) is 22.1. The molecule has 1 N–H and O–H groups in total. The normalized spacial score (nSPS) is 15.7. The lowest BCUT2D eigenvalue weighted by Gasteiger charge is -2.36. The summed E-state index contributed by atoms with van der Waals surface area (Å²) in [6.45, 7) is 7.72. The van der Waals surface area contributed by atoms with Crippen LogP contribution in [0.25, 0.3) is 22.3 Å². The molecule has 0 unspecified atom stereocenters. The SMILES string of the molecule is CC(C)(C)OC(=O)N(c1ccnc2ccc(-c3nccc(OCc4ccccc4)n3)cc12)[C@H]1CCCNC1. The van der Waals surface area contributed by atoms with Crippen LogP contribution in [0.2, 0.25) is 0 Å². The van der Waals surface area contributed by atoms with Crippen LogP contribution in [0.15, 0.2) is 73.1 Å². The van der Waals surface area contributed by atoms with E-state index in [9.17, 15) is 4.79 Å². The standard InChI is InChI=1S/C30H33N5O3/c1-30(2,3)38-29(36)35(23-10-7-15-31-19-23)26-13-16-32-25-12-11-22(18-24(25)26)28-33-17-14-27(34-28)37-20-21-8-5-4-6-9-21/h4-6,8-9,11-14,16-18,23,31H,7,10,15,19-20H2,1-3H3/t23-/m0/s1. The highest BCUT2D eigenvalue weighted by atomic mass is 16.6. The van der Waals surface area contributed by atoms with Crippen LogP contribution >= 0.6 is 0 Å². The number of amides is 1.